The van der Waals surface area contributed by atoms with Crippen LogP contribution in [0, 0.1) is 5.41 Å². The lowest BCUT2D eigenvalue weighted by Gasteiger charge is -2.25. The molecule has 0 saturated carbocycles. The van der Waals surface area contributed by atoms with Crippen molar-refractivity contribution in [2.45, 2.75) is 4.21 Å². The van der Waals surface area contributed by atoms with Gasteiger partial charge in [0.05, 0.1) is 20.5 Å². The number of nitrogens with one attached hydrogen (secondary N) is 2. The first kappa shape index (κ1) is 16.7. The average molecular weight is 390 g/mol. The molecule has 0 bridgehead atoms. The van der Waals surface area contributed by atoms with Crippen molar-refractivity contribution in [3.63, 3.8) is 0 Å². The highest BCUT2D eigenvalue weighted by atomic mass is 32.2. The van der Waals surface area contributed by atoms with E-state index in [4.69, 9.17) is 20.6 Å². The predicted octanol–water partition coefficient (Wildman–Crippen LogP) is 1.84. The van der Waals surface area contributed by atoms with Crippen molar-refractivity contribution in [1.82, 2.24) is 0 Å². The number of carbonyl (C=O) groups excluding carboxylic acids is 2. The number of ether oxygens (including phenoxy) is 2. The summed E-state index contributed by atoms with van der Waals surface area (Å²) in [7, 11) is 0. The molecular weight excluding hydrogens is 376 g/mol. The maximum Gasteiger partial charge on any atom is 0.244 e. The van der Waals surface area contributed by atoms with Crippen molar-refractivity contribution in [3.8, 4) is 11.5 Å². The fourth-order valence-electron chi connectivity index (χ4n) is 2.62. The molecule has 10 heteroatoms. The van der Waals surface area contributed by atoms with Crippen LogP contribution in [0.5, 0.6) is 11.5 Å². The Balaban J connectivity index is 1.50. The Hall–Kier alpha value is -2.72. The smallest absolute Gasteiger partial charge is 0.244 e. The summed E-state index contributed by atoms with van der Waals surface area (Å²) in [5.74, 6) is 0.914. The number of amidine groups is 1. The maximum absolute atomic E-state index is 12.4. The zero-order valence-electron chi connectivity index (χ0n) is 13.4. The summed E-state index contributed by atoms with van der Waals surface area (Å²) < 4.78 is 11.4. The second-order valence-corrected chi connectivity index (χ2v) is 7.88. The molecule has 3 heterocycles. The molecule has 1 aromatic heterocycles. The van der Waals surface area contributed by atoms with Gasteiger partial charge in [0.25, 0.3) is 0 Å². The molecule has 2 aliphatic rings. The van der Waals surface area contributed by atoms with Crippen LogP contribution < -0.4 is 25.4 Å². The van der Waals surface area contributed by atoms with Crippen LogP contribution in [0.2, 0.25) is 0 Å². The van der Waals surface area contributed by atoms with Gasteiger partial charge in [0.2, 0.25) is 18.6 Å². The molecule has 4 rings (SSSR count). The van der Waals surface area contributed by atoms with Gasteiger partial charge in [-0.1, -0.05) is 0 Å². The van der Waals surface area contributed by atoms with Gasteiger partial charge in [-0.3, -0.25) is 15.0 Å². The normalized spacial score (nSPS) is 14.9. The summed E-state index contributed by atoms with van der Waals surface area (Å²) in [6.07, 6.45) is 0. The Morgan fingerprint density at radius 2 is 2.12 bits per heavy atom. The van der Waals surface area contributed by atoms with Crippen LogP contribution in [0.25, 0.3) is 0 Å². The first-order chi connectivity index (χ1) is 12.5. The van der Waals surface area contributed by atoms with Crippen LogP contribution in [0.4, 0.5) is 11.4 Å². The zero-order chi connectivity index (χ0) is 18.3. The van der Waals surface area contributed by atoms with Gasteiger partial charge in [0, 0.05) is 11.8 Å². The zero-order valence-corrected chi connectivity index (χ0v) is 15.0. The minimum absolute atomic E-state index is 0.0535. The van der Waals surface area contributed by atoms with E-state index in [-0.39, 0.29) is 36.7 Å². The molecule has 0 saturated heterocycles. The lowest BCUT2D eigenvalue weighted by molar-refractivity contribution is -0.120. The minimum Gasteiger partial charge on any atom is -0.454 e. The van der Waals surface area contributed by atoms with Crippen molar-refractivity contribution in [2.24, 2.45) is 5.73 Å². The van der Waals surface area contributed by atoms with E-state index in [9.17, 15) is 9.59 Å². The van der Waals surface area contributed by atoms with Gasteiger partial charge in [-0.25, -0.2) is 0 Å². The topological polar surface area (TPSA) is 118 Å². The molecule has 0 atom stereocenters. The first-order valence-corrected chi connectivity index (χ1v) is 9.42. The number of nitrogens with zero attached hydrogens (tertiary/aromatic N) is 1. The number of rotatable bonds is 4. The number of amides is 2. The Kier molecular flexibility index (Phi) is 4.21. The van der Waals surface area contributed by atoms with E-state index in [0.717, 1.165) is 4.21 Å². The highest BCUT2D eigenvalue weighted by Crippen LogP contribution is 2.42. The molecule has 2 aliphatic heterocycles. The molecule has 8 nitrogen and oxygen atoms in total. The molecule has 4 N–H and O–H groups in total. The van der Waals surface area contributed by atoms with Crippen LogP contribution in [-0.4, -0.2) is 36.7 Å². The second kappa shape index (κ2) is 6.54. The van der Waals surface area contributed by atoms with E-state index < -0.39 is 0 Å². The highest BCUT2D eigenvalue weighted by molar-refractivity contribution is 8.02. The van der Waals surface area contributed by atoms with Crippen LogP contribution in [0.15, 0.2) is 28.5 Å². The maximum atomic E-state index is 12.4. The lowest BCUT2D eigenvalue weighted by Crippen LogP contribution is -2.40. The third kappa shape index (κ3) is 3.08. The van der Waals surface area contributed by atoms with Gasteiger partial charge in [-0.15, -0.1) is 23.1 Å². The number of thiophene rings is 1. The van der Waals surface area contributed by atoms with Gasteiger partial charge in [-0.05, 0) is 18.2 Å². The highest BCUT2D eigenvalue weighted by Gasteiger charge is 2.29. The Bertz CT molecular complexity index is 927. The lowest BCUT2D eigenvalue weighted by atomic mass is 10.2. The first-order valence-electron chi connectivity index (χ1n) is 7.62. The van der Waals surface area contributed by atoms with Crippen LogP contribution >= 0.6 is 23.1 Å². The standard InChI is InChI=1S/C16H14N4O4S2/c17-15(18)12-4-9-16(26-12)25-6-14(22)20(9)5-13(21)19-8-1-2-10-11(3-8)24-7-23-10/h1-4H,5-7H2,(H3,17,18)(H,19,21). The number of nitrogen functional groups attached to an aromatic ring is 1. The molecule has 2 amide bonds. The molecule has 134 valence electrons. The number of thioether (sulfide) groups is 1. The molecule has 0 fully saturated rings. The van der Waals surface area contributed by atoms with Gasteiger partial charge >= 0.3 is 0 Å². The van der Waals surface area contributed by atoms with E-state index in [0.29, 0.717) is 27.8 Å². The largest absolute Gasteiger partial charge is 0.454 e. The molecule has 0 aliphatic carbocycles. The summed E-state index contributed by atoms with van der Waals surface area (Å²) in [6.45, 7) is 0.0427. The predicted molar refractivity (Wildman–Crippen MR) is 99.6 cm³/mol. The number of anilines is 2. The minimum atomic E-state index is -0.328. The Labute approximate surface area is 156 Å². The van der Waals surface area contributed by atoms with E-state index in [1.165, 1.54) is 28.0 Å². The van der Waals surface area contributed by atoms with Crippen LogP contribution in [-0.2, 0) is 9.59 Å². The Morgan fingerprint density at radius 3 is 2.92 bits per heavy atom. The molecule has 0 radical (unpaired) electrons. The molecule has 2 aromatic rings. The number of carbonyl (C=O) groups is 2. The third-order valence-electron chi connectivity index (χ3n) is 3.82. The number of hydrogen-bond acceptors (Lipinski definition) is 7. The summed E-state index contributed by atoms with van der Waals surface area (Å²) >= 11 is 2.75. The summed E-state index contributed by atoms with van der Waals surface area (Å²) in [5.41, 5.74) is 6.72. The summed E-state index contributed by atoms with van der Waals surface area (Å²) in [5, 5.41) is 10.3. The summed E-state index contributed by atoms with van der Waals surface area (Å²) in [6, 6.07) is 6.79. The summed E-state index contributed by atoms with van der Waals surface area (Å²) in [4.78, 5) is 26.7. The third-order valence-corrected chi connectivity index (χ3v) is 6.24. The van der Waals surface area contributed by atoms with Gasteiger partial charge < -0.3 is 25.4 Å². The van der Waals surface area contributed by atoms with Gasteiger partial charge in [-0.2, -0.15) is 0 Å². The van der Waals surface area contributed by atoms with Crippen LogP contribution in [0.1, 0.15) is 4.88 Å². The van der Waals surface area contributed by atoms with Crippen molar-refractivity contribution in [3.05, 3.63) is 29.1 Å². The SMILES string of the molecule is N=C(N)c1cc2c(s1)SCC(=O)N2CC(=O)Nc1ccc2c(c1)OCO2. The van der Waals surface area contributed by atoms with E-state index in [2.05, 4.69) is 5.32 Å². The van der Waals surface area contributed by atoms with Crippen molar-refractivity contribution in [2.75, 3.05) is 29.3 Å². The van der Waals surface area contributed by atoms with E-state index >= 15 is 0 Å². The molecule has 1 aromatic carbocycles. The fourth-order valence-corrected chi connectivity index (χ4v) is 4.78. The van der Waals surface area contributed by atoms with Crippen molar-refractivity contribution in [1.29, 1.82) is 5.41 Å². The van der Waals surface area contributed by atoms with Crippen molar-refractivity contribution < 1.29 is 19.1 Å². The van der Waals surface area contributed by atoms with E-state index in [1.54, 1.807) is 24.3 Å². The van der Waals surface area contributed by atoms with E-state index in [1.807, 2.05) is 0 Å². The number of benzene rings is 1. The number of hydrogen-bond donors (Lipinski definition) is 3. The molecule has 0 spiro atoms. The average Bonchev–Trinajstić information content (AvgIpc) is 3.23. The number of nitrogens with two attached hydrogens (primary N) is 1. The van der Waals surface area contributed by atoms with Crippen molar-refractivity contribution >= 4 is 52.1 Å². The Morgan fingerprint density at radius 1 is 1.31 bits per heavy atom. The molecule has 0 unspecified atom stereocenters. The number of fused-ring (bicyclic) bond motifs is 2. The molecular formula is C16H14N4O4S2. The van der Waals surface area contributed by atoms with Gasteiger partial charge in [0.15, 0.2) is 11.5 Å². The van der Waals surface area contributed by atoms with Crippen LogP contribution in [0.3, 0.4) is 0 Å². The molecule has 26 heavy (non-hydrogen) atoms. The second-order valence-electron chi connectivity index (χ2n) is 5.58. The van der Waals surface area contributed by atoms with Gasteiger partial charge in [0.1, 0.15) is 12.4 Å². The quantitative estimate of drug-likeness (QED) is 0.542. The fraction of sp³-hybridized carbons (Fsp3) is 0.188. The monoisotopic (exact) mass is 390 g/mol.